The van der Waals surface area contributed by atoms with Crippen LogP contribution in [0.4, 0.5) is 19.3 Å². The van der Waals surface area contributed by atoms with Crippen LogP contribution in [0.2, 0.25) is 0 Å². The lowest BCUT2D eigenvalue weighted by Crippen LogP contribution is -2.36. The number of amides is 2. The van der Waals surface area contributed by atoms with Crippen LogP contribution in [0.25, 0.3) is 10.9 Å². The number of carbonyl (C=O) groups excluding carboxylic acids is 1. The van der Waals surface area contributed by atoms with Gasteiger partial charge in [-0.2, -0.15) is 0 Å². The summed E-state index contributed by atoms with van der Waals surface area (Å²) in [7, 11) is 0. The normalized spacial score (nSPS) is 12.1. The second-order valence-electron chi connectivity index (χ2n) is 7.81. The van der Waals surface area contributed by atoms with Gasteiger partial charge in [-0.3, -0.25) is 4.79 Å². The van der Waals surface area contributed by atoms with E-state index >= 15 is 0 Å². The SMILES string of the molecule is O=C(Nc1ccccc1F)N(Cc1ccc(F)cc1)Cc1cc2cc3c(cc2[nH]c1=O)OCO3. The summed E-state index contributed by atoms with van der Waals surface area (Å²) in [5.41, 5.74) is 1.16. The first-order chi connectivity index (χ1) is 16.5. The van der Waals surface area contributed by atoms with E-state index in [1.807, 2.05) is 0 Å². The highest BCUT2D eigenvalue weighted by Crippen LogP contribution is 2.35. The van der Waals surface area contributed by atoms with Gasteiger partial charge in [0.05, 0.1) is 17.7 Å². The lowest BCUT2D eigenvalue weighted by molar-refractivity contribution is 0.174. The Kier molecular flexibility index (Phi) is 5.59. The quantitative estimate of drug-likeness (QED) is 0.447. The number of hydrogen-bond donors (Lipinski definition) is 2. The largest absolute Gasteiger partial charge is 0.454 e. The maximum Gasteiger partial charge on any atom is 0.322 e. The van der Waals surface area contributed by atoms with Crippen molar-refractivity contribution in [3.63, 3.8) is 0 Å². The van der Waals surface area contributed by atoms with Gasteiger partial charge in [0.25, 0.3) is 5.56 Å². The van der Waals surface area contributed by atoms with Gasteiger partial charge in [0.1, 0.15) is 11.6 Å². The van der Waals surface area contributed by atoms with Gasteiger partial charge in [-0.1, -0.05) is 24.3 Å². The molecule has 0 atom stereocenters. The Morgan fingerprint density at radius 3 is 2.47 bits per heavy atom. The standard InChI is InChI=1S/C25H19F2N3O4/c26-18-7-5-15(6-8-18)12-30(25(32)29-20-4-2-1-3-19(20)27)13-17-9-16-10-22-23(34-14-33-22)11-21(16)28-24(17)31/h1-11H,12-14H2,(H,28,31)(H,29,32). The van der Waals surface area contributed by atoms with Crippen molar-refractivity contribution in [2.24, 2.45) is 0 Å². The van der Waals surface area contributed by atoms with Crippen molar-refractivity contribution in [1.29, 1.82) is 0 Å². The Bertz CT molecular complexity index is 1440. The number of nitrogens with zero attached hydrogens (tertiary/aromatic N) is 1. The highest BCUT2D eigenvalue weighted by molar-refractivity contribution is 5.89. The fourth-order valence-corrected chi connectivity index (χ4v) is 3.73. The Balaban J connectivity index is 1.47. The molecule has 0 unspecified atom stereocenters. The van der Waals surface area contributed by atoms with Gasteiger partial charge < -0.3 is 24.7 Å². The number of aromatic nitrogens is 1. The van der Waals surface area contributed by atoms with Crippen molar-refractivity contribution in [3.05, 3.63) is 99.8 Å². The van der Waals surface area contributed by atoms with Gasteiger partial charge in [0.15, 0.2) is 11.5 Å². The highest BCUT2D eigenvalue weighted by Gasteiger charge is 2.20. The third kappa shape index (κ3) is 4.40. The van der Waals surface area contributed by atoms with Crippen molar-refractivity contribution < 1.29 is 23.0 Å². The minimum Gasteiger partial charge on any atom is -0.454 e. The molecule has 1 aliphatic rings. The molecule has 34 heavy (non-hydrogen) atoms. The molecule has 0 saturated carbocycles. The van der Waals surface area contributed by atoms with Crippen LogP contribution < -0.4 is 20.3 Å². The fourth-order valence-electron chi connectivity index (χ4n) is 3.73. The predicted molar refractivity (Wildman–Crippen MR) is 122 cm³/mol. The molecule has 1 aromatic heterocycles. The summed E-state index contributed by atoms with van der Waals surface area (Å²) in [6.07, 6.45) is 0. The monoisotopic (exact) mass is 463 g/mol. The third-order valence-electron chi connectivity index (χ3n) is 5.46. The smallest absolute Gasteiger partial charge is 0.322 e. The van der Waals surface area contributed by atoms with E-state index < -0.39 is 17.7 Å². The van der Waals surface area contributed by atoms with Gasteiger partial charge >= 0.3 is 6.03 Å². The minimum absolute atomic E-state index is 0.0109. The van der Waals surface area contributed by atoms with Gasteiger partial charge in [-0.25, -0.2) is 13.6 Å². The fraction of sp³-hybridized carbons (Fsp3) is 0.120. The summed E-state index contributed by atoms with van der Waals surface area (Å²) >= 11 is 0. The van der Waals surface area contributed by atoms with Crippen LogP contribution in [-0.4, -0.2) is 22.7 Å². The van der Waals surface area contributed by atoms with Crippen molar-refractivity contribution in [2.45, 2.75) is 13.1 Å². The molecular weight excluding hydrogens is 444 g/mol. The molecule has 172 valence electrons. The molecule has 0 saturated heterocycles. The molecule has 0 bridgehead atoms. The molecule has 2 amide bonds. The first kappa shape index (κ1) is 21.4. The molecule has 2 heterocycles. The van der Waals surface area contributed by atoms with Crippen LogP contribution >= 0.6 is 0 Å². The second-order valence-corrected chi connectivity index (χ2v) is 7.81. The number of anilines is 1. The zero-order valence-electron chi connectivity index (χ0n) is 17.8. The first-order valence-corrected chi connectivity index (χ1v) is 10.5. The summed E-state index contributed by atoms with van der Waals surface area (Å²) in [5, 5.41) is 3.25. The minimum atomic E-state index is -0.611. The molecule has 2 N–H and O–H groups in total. The van der Waals surface area contributed by atoms with Crippen LogP contribution in [0.15, 0.2) is 71.5 Å². The van der Waals surface area contributed by atoms with E-state index in [9.17, 15) is 18.4 Å². The van der Waals surface area contributed by atoms with Crippen LogP contribution in [-0.2, 0) is 13.1 Å². The van der Waals surface area contributed by atoms with Crippen LogP contribution in [0.1, 0.15) is 11.1 Å². The van der Waals surface area contributed by atoms with E-state index in [1.165, 1.54) is 35.2 Å². The average Bonchev–Trinajstić information content (AvgIpc) is 3.27. The molecule has 9 heteroatoms. The number of ether oxygens (including phenoxy) is 2. The van der Waals surface area contributed by atoms with Gasteiger partial charge in [-0.05, 0) is 42.0 Å². The van der Waals surface area contributed by atoms with E-state index in [0.29, 0.717) is 33.5 Å². The number of nitrogens with one attached hydrogen (secondary N) is 2. The summed E-state index contributed by atoms with van der Waals surface area (Å²) in [6.45, 7) is 0.0982. The summed E-state index contributed by atoms with van der Waals surface area (Å²) in [4.78, 5) is 30.1. The number of aromatic amines is 1. The first-order valence-electron chi connectivity index (χ1n) is 10.5. The number of urea groups is 1. The van der Waals surface area contributed by atoms with E-state index in [0.717, 1.165) is 0 Å². The number of para-hydroxylation sites is 1. The Labute approximate surface area is 192 Å². The Morgan fingerprint density at radius 1 is 0.971 bits per heavy atom. The molecule has 5 rings (SSSR count). The van der Waals surface area contributed by atoms with E-state index in [-0.39, 0.29) is 31.1 Å². The Hall–Kier alpha value is -4.40. The molecule has 0 spiro atoms. The number of rotatable bonds is 5. The third-order valence-corrected chi connectivity index (χ3v) is 5.46. The number of hydrogen-bond acceptors (Lipinski definition) is 4. The van der Waals surface area contributed by atoms with Crippen molar-refractivity contribution >= 4 is 22.6 Å². The summed E-state index contributed by atoms with van der Waals surface area (Å²) < 4.78 is 38.2. The molecule has 7 nitrogen and oxygen atoms in total. The van der Waals surface area contributed by atoms with E-state index in [1.54, 1.807) is 36.4 Å². The molecule has 1 aliphatic heterocycles. The number of pyridine rings is 1. The van der Waals surface area contributed by atoms with Crippen molar-refractivity contribution in [1.82, 2.24) is 9.88 Å². The van der Waals surface area contributed by atoms with Crippen LogP contribution in [0.5, 0.6) is 11.5 Å². The number of halogens is 2. The molecule has 3 aromatic carbocycles. The van der Waals surface area contributed by atoms with Gasteiger partial charge in [0.2, 0.25) is 6.79 Å². The van der Waals surface area contributed by atoms with Gasteiger partial charge in [0, 0.05) is 23.6 Å². The zero-order chi connectivity index (χ0) is 23.7. The number of carbonyl (C=O) groups is 1. The summed E-state index contributed by atoms with van der Waals surface area (Å²) in [5.74, 6) is 0.108. The molecule has 4 aromatic rings. The molecule has 0 aliphatic carbocycles. The zero-order valence-corrected chi connectivity index (χ0v) is 17.8. The topological polar surface area (TPSA) is 83.7 Å². The lowest BCUT2D eigenvalue weighted by Gasteiger charge is -2.23. The predicted octanol–water partition coefficient (Wildman–Crippen LogP) is 4.77. The van der Waals surface area contributed by atoms with E-state index in [2.05, 4.69) is 10.3 Å². The average molecular weight is 463 g/mol. The number of fused-ring (bicyclic) bond motifs is 2. The molecule has 0 radical (unpaired) electrons. The lowest BCUT2D eigenvalue weighted by atomic mass is 10.1. The maximum atomic E-state index is 14.1. The maximum absolute atomic E-state index is 14.1. The van der Waals surface area contributed by atoms with E-state index in [4.69, 9.17) is 9.47 Å². The second kappa shape index (κ2) is 8.86. The molecular formula is C25H19F2N3O4. The molecule has 0 fully saturated rings. The number of benzene rings is 3. The Morgan fingerprint density at radius 2 is 1.71 bits per heavy atom. The summed E-state index contributed by atoms with van der Waals surface area (Å²) in [6, 6.07) is 15.9. The van der Waals surface area contributed by atoms with Crippen LogP contribution in [0, 0.1) is 11.6 Å². The van der Waals surface area contributed by atoms with Gasteiger partial charge in [-0.15, -0.1) is 0 Å². The van der Waals surface area contributed by atoms with Crippen LogP contribution in [0.3, 0.4) is 0 Å². The number of H-pyrrole nitrogens is 1. The van der Waals surface area contributed by atoms with Crippen molar-refractivity contribution in [3.8, 4) is 11.5 Å². The highest BCUT2D eigenvalue weighted by atomic mass is 19.1. The van der Waals surface area contributed by atoms with Crippen molar-refractivity contribution in [2.75, 3.05) is 12.1 Å².